The molecule has 1 aliphatic heterocycles. The molecule has 0 radical (unpaired) electrons. The van der Waals surface area contributed by atoms with E-state index < -0.39 is 29.7 Å². The number of hydrogen-bond donors (Lipinski definition) is 1. The summed E-state index contributed by atoms with van der Waals surface area (Å²) in [4.78, 5) is 24.0. The number of nitrogens with one attached hydrogen (secondary N) is 1. The Morgan fingerprint density at radius 3 is 2.66 bits per heavy atom. The molecule has 9 heteroatoms. The van der Waals surface area contributed by atoms with Crippen LogP contribution in [0.2, 0.25) is 0 Å². The first kappa shape index (κ1) is 20.2. The molecular weight excluding hydrogens is 391 g/mol. The van der Waals surface area contributed by atoms with E-state index in [1.54, 1.807) is 18.2 Å². The van der Waals surface area contributed by atoms with E-state index in [0.29, 0.717) is 17.1 Å². The molecule has 152 valence electrons. The van der Waals surface area contributed by atoms with Gasteiger partial charge in [0.15, 0.2) is 17.6 Å². The number of esters is 1. The average Bonchev–Trinajstić information content (AvgIpc) is 3.13. The second-order valence-corrected chi connectivity index (χ2v) is 6.09. The summed E-state index contributed by atoms with van der Waals surface area (Å²) in [7, 11) is 0. The van der Waals surface area contributed by atoms with E-state index >= 15 is 0 Å². The van der Waals surface area contributed by atoms with E-state index in [2.05, 4.69) is 5.32 Å². The van der Waals surface area contributed by atoms with E-state index in [1.807, 2.05) is 0 Å². The Hall–Kier alpha value is -3.49. The summed E-state index contributed by atoms with van der Waals surface area (Å²) < 4.78 is 53.6. The molecule has 0 spiro atoms. The molecular formula is C20H16F3NO5. The summed E-state index contributed by atoms with van der Waals surface area (Å²) in [6.07, 6.45) is -3.13. The molecule has 0 aliphatic carbocycles. The number of amides is 1. The Labute approximate surface area is 163 Å². The first-order valence-corrected chi connectivity index (χ1v) is 8.49. The number of ether oxygens (including phenoxy) is 3. The number of hydrogen-bond acceptors (Lipinski definition) is 5. The van der Waals surface area contributed by atoms with E-state index in [1.165, 1.54) is 25.1 Å². The zero-order valence-corrected chi connectivity index (χ0v) is 15.2. The maximum atomic E-state index is 12.7. The van der Waals surface area contributed by atoms with E-state index in [4.69, 9.17) is 14.2 Å². The van der Waals surface area contributed by atoms with Crippen molar-refractivity contribution in [3.05, 3.63) is 59.7 Å². The zero-order chi connectivity index (χ0) is 21.0. The lowest BCUT2D eigenvalue weighted by molar-refractivity contribution is -0.148. The molecule has 0 fully saturated rings. The van der Waals surface area contributed by atoms with Gasteiger partial charge in [-0.25, -0.2) is 4.79 Å². The molecule has 6 nitrogen and oxygen atoms in total. The fourth-order valence-corrected chi connectivity index (χ4v) is 2.47. The van der Waals surface area contributed by atoms with Crippen LogP contribution < -0.4 is 14.8 Å². The van der Waals surface area contributed by atoms with Gasteiger partial charge in [-0.2, -0.15) is 13.2 Å². The van der Waals surface area contributed by atoms with Crippen LogP contribution in [0.15, 0.2) is 48.5 Å². The van der Waals surface area contributed by atoms with Gasteiger partial charge in [0.05, 0.1) is 5.56 Å². The van der Waals surface area contributed by atoms with Gasteiger partial charge in [-0.1, -0.05) is 12.1 Å². The molecule has 1 atom stereocenters. The first-order valence-electron chi connectivity index (χ1n) is 8.49. The molecule has 1 amide bonds. The van der Waals surface area contributed by atoms with Gasteiger partial charge in [-0.3, -0.25) is 4.79 Å². The summed E-state index contributed by atoms with van der Waals surface area (Å²) in [5, 5.41) is 2.29. The van der Waals surface area contributed by atoms with Gasteiger partial charge >= 0.3 is 12.1 Å². The van der Waals surface area contributed by atoms with Crippen molar-refractivity contribution in [1.29, 1.82) is 0 Å². The van der Waals surface area contributed by atoms with Crippen LogP contribution in [0.4, 0.5) is 18.9 Å². The summed E-state index contributed by atoms with van der Waals surface area (Å²) in [5.41, 5.74) is -0.289. The quantitative estimate of drug-likeness (QED) is 0.599. The fourth-order valence-electron chi connectivity index (χ4n) is 2.47. The van der Waals surface area contributed by atoms with Crippen LogP contribution in [0.25, 0.3) is 6.08 Å². The summed E-state index contributed by atoms with van der Waals surface area (Å²) in [6.45, 7) is 1.44. The van der Waals surface area contributed by atoms with Crippen molar-refractivity contribution in [3.63, 3.8) is 0 Å². The van der Waals surface area contributed by atoms with Crippen LogP contribution in [0.1, 0.15) is 18.1 Å². The SMILES string of the molecule is C[C@H](OC(=O)/C=C/c1ccc2c(c1)OCO2)C(=O)Nc1cccc(C(F)(F)F)c1. The Bertz CT molecular complexity index is 955. The molecule has 0 bridgehead atoms. The maximum Gasteiger partial charge on any atom is 0.416 e. The summed E-state index contributed by atoms with van der Waals surface area (Å²) in [6, 6.07) is 9.24. The van der Waals surface area contributed by atoms with Crippen molar-refractivity contribution in [1.82, 2.24) is 0 Å². The lowest BCUT2D eigenvalue weighted by atomic mass is 10.2. The second-order valence-electron chi connectivity index (χ2n) is 6.09. The third-order valence-corrected chi connectivity index (χ3v) is 3.93. The van der Waals surface area contributed by atoms with Gasteiger partial charge in [0, 0.05) is 11.8 Å². The largest absolute Gasteiger partial charge is 0.454 e. The average molecular weight is 407 g/mol. The monoisotopic (exact) mass is 407 g/mol. The fraction of sp³-hybridized carbons (Fsp3) is 0.200. The molecule has 0 saturated heterocycles. The van der Waals surface area contributed by atoms with Crippen LogP contribution in [-0.2, 0) is 20.5 Å². The highest BCUT2D eigenvalue weighted by Gasteiger charge is 2.30. The number of halogens is 3. The number of carbonyl (C=O) groups is 2. The molecule has 2 aromatic rings. The number of alkyl halides is 3. The van der Waals surface area contributed by atoms with Crippen LogP contribution in [0.5, 0.6) is 11.5 Å². The molecule has 1 N–H and O–H groups in total. The van der Waals surface area contributed by atoms with Gasteiger partial charge in [0.1, 0.15) is 0 Å². The van der Waals surface area contributed by atoms with Crippen LogP contribution >= 0.6 is 0 Å². The highest BCUT2D eigenvalue weighted by atomic mass is 19.4. The molecule has 1 aliphatic rings. The Morgan fingerprint density at radius 1 is 1.14 bits per heavy atom. The number of fused-ring (bicyclic) bond motifs is 1. The number of anilines is 1. The molecule has 0 aromatic heterocycles. The number of carbonyl (C=O) groups excluding carboxylic acids is 2. The third kappa shape index (κ3) is 5.28. The number of benzene rings is 2. The Morgan fingerprint density at radius 2 is 1.90 bits per heavy atom. The van der Waals surface area contributed by atoms with Crippen molar-refractivity contribution >= 4 is 23.6 Å². The van der Waals surface area contributed by atoms with E-state index in [-0.39, 0.29) is 12.5 Å². The van der Waals surface area contributed by atoms with Crippen molar-refractivity contribution in [2.24, 2.45) is 0 Å². The predicted molar refractivity (Wildman–Crippen MR) is 97.2 cm³/mol. The van der Waals surface area contributed by atoms with Gasteiger partial charge in [0.25, 0.3) is 5.91 Å². The maximum absolute atomic E-state index is 12.7. The Balaban J connectivity index is 1.56. The predicted octanol–water partition coefficient (Wildman–Crippen LogP) is 4.02. The minimum absolute atomic E-state index is 0.0522. The zero-order valence-electron chi connectivity index (χ0n) is 15.2. The molecule has 3 rings (SSSR count). The van der Waals surface area contributed by atoms with E-state index in [9.17, 15) is 22.8 Å². The number of rotatable bonds is 5. The minimum atomic E-state index is -4.53. The molecule has 29 heavy (non-hydrogen) atoms. The van der Waals surface area contributed by atoms with Crippen molar-refractivity contribution < 1.29 is 37.0 Å². The van der Waals surface area contributed by atoms with Gasteiger partial charge in [-0.05, 0) is 48.9 Å². The lowest BCUT2D eigenvalue weighted by Gasteiger charge is -2.13. The van der Waals surface area contributed by atoms with Crippen molar-refractivity contribution in [3.8, 4) is 11.5 Å². The Kier molecular flexibility index (Phi) is 5.76. The van der Waals surface area contributed by atoms with Crippen molar-refractivity contribution in [2.75, 3.05) is 12.1 Å². The topological polar surface area (TPSA) is 73.9 Å². The van der Waals surface area contributed by atoms with Crippen LogP contribution in [0, 0.1) is 0 Å². The summed E-state index contributed by atoms with van der Waals surface area (Å²) in [5.74, 6) is -0.387. The van der Waals surface area contributed by atoms with E-state index in [0.717, 1.165) is 18.2 Å². The highest BCUT2D eigenvalue weighted by molar-refractivity contribution is 5.96. The minimum Gasteiger partial charge on any atom is -0.454 e. The summed E-state index contributed by atoms with van der Waals surface area (Å²) >= 11 is 0. The van der Waals surface area contributed by atoms with Crippen molar-refractivity contribution in [2.45, 2.75) is 19.2 Å². The standard InChI is InChI=1S/C20H16F3NO5/c1-12(19(26)24-15-4-2-3-14(10-15)20(21,22)23)29-18(25)8-6-13-5-7-16-17(9-13)28-11-27-16/h2-10,12H,11H2,1H3,(H,24,26)/b8-6+/t12-/m0/s1. The first-order chi connectivity index (χ1) is 13.7. The van der Waals surface area contributed by atoms with Gasteiger partial charge in [0.2, 0.25) is 6.79 Å². The third-order valence-electron chi connectivity index (χ3n) is 3.93. The van der Waals surface area contributed by atoms with Crippen LogP contribution in [-0.4, -0.2) is 24.8 Å². The molecule has 2 aromatic carbocycles. The van der Waals surface area contributed by atoms with Gasteiger partial charge in [-0.15, -0.1) is 0 Å². The molecule has 0 saturated carbocycles. The van der Waals surface area contributed by atoms with Gasteiger partial charge < -0.3 is 19.5 Å². The molecule has 0 unspecified atom stereocenters. The smallest absolute Gasteiger partial charge is 0.416 e. The molecule has 1 heterocycles. The van der Waals surface area contributed by atoms with Crippen LogP contribution in [0.3, 0.4) is 0 Å². The lowest BCUT2D eigenvalue weighted by Crippen LogP contribution is -2.29. The second kappa shape index (κ2) is 8.26. The normalized spacial score (nSPS) is 13.9. The highest BCUT2D eigenvalue weighted by Crippen LogP contribution is 2.33.